The zero-order valence-corrected chi connectivity index (χ0v) is 15.7. The molecule has 2 aromatic rings. The summed E-state index contributed by atoms with van der Waals surface area (Å²) in [5, 5.41) is 2.82. The molecular weight excluding hydrogens is 346 g/mol. The Labute approximate surface area is 158 Å². The van der Waals surface area contributed by atoms with E-state index in [2.05, 4.69) is 5.32 Å². The lowest BCUT2D eigenvalue weighted by atomic mass is 10.2. The Morgan fingerprint density at radius 1 is 1.07 bits per heavy atom. The van der Waals surface area contributed by atoms with Gasteiger partial charge >= 0.3 is 6.03 Å². The summed E-state index contributed by atoms with van der Waals surface area (Å²) in [6.45, 7) is 2.91. The molecule has 0 radical (unpaired) electrons. The van der Waals surface area contributed by atoms with Crippen LogP contribution in [0.15, 0.2) is 42.5 Å². The molecule has 3 rings (SSSR count). The van der Waals surface area contributed by atoms with Crippen molar-refractivity contribution in [3.05, 3.63) is 48.0 Å². The molecule has 2 aromatic carbocycles. The summed E-state index contributed by atoms with van der Waals surface area (Å²) in [5.74, 6) is 0.982. The van der Waals surface area contributed by atoms with Crippen molar-refractivity contribution in [2.45, 2.75) is 6.92 Å². The van der Waals surface area contributed by atoms with Crippen LogP contribution >= 0.6 is 0 Å². The van der Waals surface area contributed by atoms with Gasteiger partial charge in [-0.05, 0) is 31.2 Å². The molecule has 142 valence electrons. The van der Waals surface area contributed by atoms with Gasteiger partial charge in [0.15, 0.2) is 0 Å². The number of urea groups is 1. The molecule has 1 fully saturated rings. The molecular formula is C20H23N3O4. The fraction of sp³-hybridized carbons (Fsp3) is 0.300. The molecule has 3 amide bonds. The van der Waals surface area contributed by atoms with Crippen molar-refractivity contribution in [1.82, 2.24) is 4.90 Å². The molecule has 0 unspecified atom stereocenters. The van der Waals surface area contributed by atoms with Crippen molar-refractivity contribution < 1.29 is 19.1 Å². The van der Waals surface area contributed by atoms with Gasteiger partial charge in [-0.15, -0.1) is 0 Å². The second-order valence-corrected chi connectivity index (χ2v) is 6.31. The average molecular weight is 369 g/mol. The van der Waals surface area contributed by atoms with Crippen LogP contribution in [0.3, 0.4) is 0 Å². The lowest BCUT2D eigenvalue weighted by Gasteiger charge is -2.21. The SMILES string of the molecule is COc1ccc(OC)c(N2CCN(CC(=O)Nc3ccc(C)cc3)C2=O)c1. The van der Waals surface area contributed by atoms with E-state index in [1.165, 1.54) is 4.90 Å². The van der Waals surface area contributed by atoms with Crippen molar-refractivity contribution in [3.63, 3.8) is 0 Å². The molecule has 0 saturated carbocycles. The number of benzene rings is 2. The Morgan fingerprint density at radius 3 is 2.48 bits per heavy atom. The fourth-order valence-electron chi connectivity index (χ4n) is 2.97. The third kappa shape index (κ3) is 4.13. The van der Waals surface area contributed by atoms with Crippen LogP contribution in [0.5, 0.6) is 11.5 Å². The largest absolute Gasteiger partial charge is 0.497 e. The van der Waals surface area contributed by atoms with Crippen molar-refractivity contribution in [2.75, 3.05) is 44.1 Å². The zero-order valence-electron chi connectivity index (χ0n) is 15.7. The van der Waals surface area contributed by atoms with Crippen LogP contribution in [0.1, 0.15) is 5.56 Å². The van der Waals surface area contributed by atoms with Gasteiger partial charge in [-0.3, -0.25) is 9.69 Å². The Bertz CT molecular complexity index is 836. The highest BCUT2D eigenvalue weighted by Gasteiger charge is 2.32. The van der Waals surface area contributed by atoms with Gasteiger partial charge in [0.05, 0.1) is 19.9 Å². The molecule has 0 aliphatic carbocycles. The molecule has 0 bridgehead atoms. The molecule has 1 N–H and O–H groups in total. The third-order valence-electron chi connectivity index (χ3n) is 4.44. The average Bonchev–Trinajstić information content (AvgIpc) is 3.03. The quantitative estimate of drug-likeness (QED) is 0.850. The van der Waals surface area contributed by atoms with Crippen LogP contribution in [-0.4, -0.2) is 50.7 Å². The zero-order chi connectivity index (χ0) is 19.4. The first kappa shape index (κ1) is 18.6. The lowest BCUT2D eigenvalue weighted by molar-refractivity contribution is -0.116. The number of ether oxygens (including phenoxy) is 2. The van der Waals surface area contributed by atoms with E-state index >= 15 is 0 Å². The van der Waals surface area contributed by atoms with E-state index in [-0.39, 0.29) is 18.5 Å². The second kappa shape index (κ2) is 7.99. The maximum atomic E-state index is 12.8. The van der Waals surface area contributed by atoms with E-state index in [0.29, 0.717) is 36.0 Å². The molecule has 1 heterocycles. The second-order valence-electron chi connectivity index (χ2n) is 6.31. The van der Waals surface area contributed by atoms with Crippen molar-refractivity contribution >= 4 is 23.3 Å². The molecule has 1 aliphatic rings. The standard InChI is InChI=1S/C20H23N3O4/c1-14-4-6-15(7-5-14)21-19(24)13-22-10-11-23(20(22)25)17-12-16(26-2)8-9-18(17)27-3/h4-9,12H,10-11,13H2,1-3H3,(H,21,24). The number of hydrogen-bond donors (Lipinski definition) is 1. The minimum Gasteiger partial charge on any atom is -0.497 e. The predicted octanol–water partition coefficient (Wildman–Crippen LogP) is 2.89. The van der Waals surface area contributed by atoms with Crippen molar-refractivity contribution in [2.24, 2.45) is 0 Å². The molecule has 7 nitrogen and oxygen atoms in total. The summed E-state index contributed by atoms with van der Waals surface area (Å²) in [6.07, 6.45) is 0. The molecule has 0 aromatic heterocycles. The first-order valence-corrected chi connectivity index (χ1v) is 8.67. The maximum absolute atomic E-state index is 12.8. The highest BCUT2D eigenvalue weighted by atomic mass is 16.5. The van der Waals surface area contributed by atoms with Gasteiger partial charge in [-0.2, -0.15) is 0 Å². The van der Waals surface area contributed by atoms with Gasteiger partial charge in [-0.1, -0.05) is 17.7 Å². The monoisotopic (exact) mass is 369 g/mol. The fourth-order valence-corrected chi connectivity index (χ4v) is 2.97. The van der Waals surface area contributed by atoms with Crippen LogP contribution in [0.4, 0.5) is 16.2 Å². The van der Waals surface area contributed by atoms with E-state index < -0.39 is 0 Å². The van der Waals surface area contributed by atoms with E-state index in [4.69, 9.17) is 9.47 Å². The first-order chi connectivity index (χ1) is 13.0. The number of amides is 3. The van der Waals surface area contributed by atoms with Crippen LogP contribution < -0.4 is 19.7 Å². The van der Waals surface area contributed by atoms with Crippen LogP contribution in [0.2, 0.25) is 0 Å². The third-order valence-corrected chi connectivity index (χ3v) is 4.44. The lowest BCUT2D eigenvalue weighted by Crippen LogP contribution is -2.37. The summed E-state index contributed by atoms with van der Waals surface area (Å²) < 4.78 is 10.6. The van der Waals surface area contributed by atoms with Crippen LogP contribution in [0, 0.1) is 6.92 Å². The van der Waals surface area contributed by atoms with Crippen molar-refractivity contribution in [1.29, 1.82) is 0 Å². The Morgan fingerprint density at radius 2 is 1.81 bits per heavy atom. The number of rotatable bonds is 6. The Kier molecular flexibility index (Phi) is 5.49. The molecule has 0 atom stereocenters. The summed E-state index contributed by atoms with van der Waals surface area (Å²) in [4.78, 5) is 28.2. The number of methoxy groups -OCH3 is 2. The summed E-state index contributed by atoms with van der Waals surface area (Å²) in [7, 11) is 3.12. The Balaban J connectivity index is 1.68. The number of aryl methyl sites for hydroxylation is 1. The minimum atomic E-state index is -0.236. The summed E-state index contributed by atoms with van der Waals surface area (Å²) >= 11 is 0. The maximum Gasteiger partial charge on any atom is 0.325 e. The number of hydrogen-bond acceptors (Lipinski definition) is 4. The first-order valence-electron chi connectivity index (χ1n) is 8.67. The van der Waals surface area contributed by atoms with Gasteiger partial charge in [0.25, 0.3) is 0 Å². The van der Waals surface area contributed by atoms with Crippen molar-refractivity contribution in [3.8, 4) is 11.5 Å². The minimum absolute atomic E-state index is 0.00447. The number of nitrogens with one attached hydrogen (secondary N) is 1. The molecule has 7 heteroatoms. The van der Waals surface area contributed by atoms with Gasteiger partial charge in [0.1, 0.15) is 18.0 Å². The number of carbonyl (C=O) groups excluding carboxylic acids is 2. The van der Waals surface area contributed by atoms with E-state index in [0.717, 1.165) is 5.56 Å². The van der Waals surface area contributed by atoms with Gasteiger partial charge in [-0.25, -0.2) is 4.79 Å². The van der Waals surface area contributed by atoms with Gasteiger partial charge < -0.3 is 19.7 Å². The van der Waals surface area contributed by atoms with Crippen LogP contribution in [-0.2, 0) is 4.79 Å². The number of anilines is 2. The number of carbonyl (C=O) groups is 2. The summed E-state index contributed by atoms with van der Waals surface area (Å²) in [5.41, 5.74) is 2.46. The molecule has 27 heavy (non-hydrogen) atoms. The molecule has 0 spiro atoms. The van der Waals surface area contributed by atoms with E-state index in [1.54, 1.807) is 37.3 Å². The normalized spacial score (nSPS) is 13.7. The van der Waals surface area contributed by atoms with E-state index in [9.17, 15) is 9.59 Å². The molecule has 1 saturated heterocycles. The summed E-state index contributed by atoms with van der Waals surface area (Å²) in [6, 6.07) is 12.6. The predicted molar refractivity (Wildman–Crippen MR) is 104 cm³/mol. The number of nitrogens with zero attached hydrogens (tertiary/aromatic N) is 2. The van der Waals surface area contributed by atoms with Gasteiger partial charge in [0.2, 0.25) is 5.91 Å². The topological polar surface area (TPSA) is 71.1 Å². The highest BCUT2D eigenvalue weighted by molar-refractivity contribution is 6.00. The highest BCUT2D eigenvalue weighted by Crippen LogP contribution is 2.34. The van der Waals surface area contributed by atoms with Gasteiger partial charge in [0, 0.05) is 24.8 Å². The van der Waals surface area contributed by atoms with Crippen LogP contribution in [0.25, 0.3) is 0 Å². The molecule has 1 aliphatic heterocycles. The van der Waals surface area contributed by atoms with E-state index in [1.807, 2.05) is 31.2 Å². The Hall–Kier alpha value is -3.22. The smallest absolute Gasteiger partial charge is 0.325 e.